The lowest BCUT2D eigenvalue weighted by Crippen LogP contribution is -2.27. The normalized spacial score (nSPS) is 27.6. The summed E-state index contributed by atoms with van der Waals surface area (Å²) in [6.07, 6.45) is 4.00. The molecule has 59 valence electrons. The first-order chi connectivity index (χ1) is 4.84. The molecule has 0 aliphatic carbocycles. The summed E-state index contributed by atoms with van der Waals surface area (Å²) < 4.78 is 0. The predicted molar refractivity (Wildman–Crippen MR) is 43.6 cm³/mol. The summed E-state index contributed by atoms with van der Waals surface area (Å²) in [6, 6.07) is 0.814. The van der Waals surface area contributed by atoms with Crippen molar-refractivity contribution in [2.24, 2.45) is 0 Å². The maximum Gasteiger partial charge on any atom is 0.0105 e. The molecule has 1 fully saturated rings. The van der Waals surface area contributed by atoms with Crippen molar-refractivity contribution in [2.75, 3.05) is 20.1 Å². The quantitative estimate of drug-likeness (QED) is 0.627. The molecule has 1 rings (SSSR count). The van der Waals surface area contributed by atoms with Crippen LogP contribution in [0.1, 0.15) is 19.3 Å². The number of likely N-dealkylation sites (tertiary alicyclic amines) is 1. The molecule has 1 radical (unpaired) electrons. The van der Waals surface area contributed by atoms with Crippen LogP contribution in [-0.2, 0) is 0 Å². The van der Waals surface area contributed by atoms with Crippen LogP contribution in [0.3, 0.4) is 0 Å². The molecule has 0 aromatic carbocycles. The van der Waals surface area contributed by atoms with Crippen molar-refractivity contribution in [3.8, 4) is 0 Å². The van der Waals surface area contributed by atoms with Gasteiger partial charge in [-0.15, -0.1) is 0 Å². The van der Waals surface area contributed by atoms with Gasteiger partial charge in [-0.05, 0) is 39.4 Å². The zero-order valence-corrected chi connectivity index (χ0v) is 6.77. The third-order valence-corrected chi connectivity index (χ3v) is 2.33. The molecule has 2 heteroatoms. The molecule has 1 saturated heterocycles. The summed E-state index contributed by atoms with van der Waals surface area (Å²) in [5.41, 5.74) is 0. The van der Waals surface area contributed by atoms with Crippen LogP contribution in [0.2, 0.25) is 0 Å². The van der Waals surface area contributed by atoms with E-state index in [1.165, 1.54) is 25.8 Å². The van der Waals surface area contributed by atoms with Crippen LogP contribution < -0.4 is 5.32 Å². The van der Waals surface area contributed by atoms with Gasteiger partial charge in [0.05, 0.1) is 0 Å². The fraction of sp³-hybridized carbons (Fsp3) is 0.875. The van der Waals surface area contributed by atoms with Crippen LogP contribution in [0, 0.1) is 7.05 Å². The van der Waals surface area contributed by atoms with E-state index in [1.54, 1.807) is 0 Å². The van der Waals surface area contributed by atoms with E-state index in [2.05, 4.69) is 24.3 Å². The van der Waals surface area contributed by atoms with E-state index in [1.807, 2.05) is 0 Å². The first-order valence-electron chi connectivity index (χ1n) is 4.05. The Kier molecular flexibility index (Phi) is 3.16. The molecule has 0 spiro atoms. The standard InChI is InChI=1S/C8H17N2/c1-9-6-5-8-4-3-7-10(8)2/h8-9H,1,3-7H2,2H3. The highest BCUT2D eigenvalue weighted by molar-refractivity contribution is 4.76. The van der Waals surface area contributed by atoms with E-state index < -0.39 is 0 Å². The van der Waals surface area contributed by atoms with Crippen molar-refractivity contribution >= 4 is 0 Å². The molecule has 1 N–H and O–H groups in total. The van der Waals surface area contributed by atoms with Gasteiger partial charge in [0.2, 0.25) is 0 Å². The summed E-state index contributed by atoms with van der Waals surface area (Å²) in [5.74, 6) is 0. The first-order valence-corrected chi connectivity index (χ1v) is 4.05. The SMILES string of the molecule is [CH2]NCCC1CCCN1C. The molecule has 1 heterocycles. The van der Waals surface area contributed by atoms with Gasteiger partial charge < -0.3 is 10.2 Å². The Morgan fingerprint density at radius 1 is 1.70 bits per heavy atom. The van der Waals surface area contributed by atoms with Crippen LogP contribution in [0.15, 0.2) is 0 Å². The van der Waals surface area contributed by atoms with Gasteiger partial charge in [0.1, 0.15) is 0 Å². The van der Waals surface area contributed by atoms with Crippen LogP contribution in [0.25, 0.3) is 0 Å². The summed E-state index contributed by atoms with van der Waals surface area (Å²) >= 11 is 0. The monoisotopic (exact) mass is 141 g/mol. The van der Waals surface area contributed by atoms with Gasteiger partial charge in [-0.3, -0.25) is 0 Å². The van der Waals surface area contributed by atoms with Crippen molar-refractivity contribution < 1.29 is 0 Å². The third kappa shape index (κ3) is 1.96. The van der Waals surface area contributed by atoms with Crippen LogP contribution in [-0.4, -0.2) is 31.1 Å². The van der Waals surface area contributed by atoms with Gasteiger partial charge >= 0.3 is 0 Å². The second kappa shape index (κ2) is 3.94. The van der Waals surface area contributed by atoms with Crippen molar-refractivity contribution in [1.82, 2.24) is 10.2 Å². The van der Waals surface area contributed by atoms with Gasteiger partial charge in [-0.25, -0.2) is 0 Å². The Morgan fingerprint density at radius 2 is 2.50 bits per heavy atom. The highest BCUT2D eigenvalue weighted by Gasteiger charge is 2.19. The number of hydrogen-bond donors (Lipinski definition) is 1. The molecule has 0 aromatic rings. The summed E-state index contributed by atoms with van der Waals surface area (Å²) in [6.45, 7) is 2.33. The van der Waals surface area contributed by atoms with E-state index in [9.17, 15) is 0 Å². The minimum absolute atomic E-state index is 0.814. The van der Waals surface area contributed by atoms with Gasteiger partial charge in [0.25, 0.3) is 0 Å². The van der Waals surface area contributed by atoms with Crippen LogP contribution >= 0.6 is 0 Å². The Balaban J connectivity index is 2.14. The maximum absolute atomic E-state index is 3.60. The second-order valence-corrected chi connectivity index (χ2v) is 3.07. The fourth-order valence-electron chi connectivity index (χ4n) is 1.61. The molecular weight excluding hydrogens is 124 g/mol. The highest BCUT2D eigenvalue weighted by Crippen LogP contribution is 2.16. The fourth-order valence-corrected chi connectivity index (χ4v) is 1.61. The number of nitrogens with one attached hydrogen (secondary N) is 1. The molecule has 1 unspecified atom stereocenters. The number of nitrogens with zero attached hydrogens (tertiary/aromatic N) is 1. The first kappa shape index (κ1) is 8.02. The highest BCUT2D eigenvalue weighted by atomic mass is 15.1. The molecule has 0 amide bonds. The topological polar surface area (TPSA) is 15.3 Å². The molecule has 1 atom stereocenters. The minimum atomic E-state index is 0.814. The molecule has 10 heavy (non-hydrogen) atoms. The van der Waals surface area contributed by atoms with Gasteiger partial charge in [0, 0.05) is 13.1 Å². The minimum Gasteiger partial charge on any atom is -0.315 e. The van der Waals surface area contributed by atoms with Crippen LogP contribution in [0.4, 0.5) is 0 Å². The molecule has 1 aliphatic heterocycles. The van der Waals surface area contributed by atoms with Crippen molar-refractivity contribution in [3.63, 3.8) is 0 Å². The third-order valence-electron chi connectivity index (χ3n) is 2.33. The maximum atomic E-state index is 3.60. The molecule has 0 bridgehead atoms. The Bertz CT molecular complexity index is 93.3. The Morgan fingerprint density at radius 3 is 3.00 bits per heavy atom. The lowest BCUT2D eigenvalue weighted by molar-refractivity contribution is 0.296. The summed E-state index contributed by atoms with van der Waals surface area (Å²) in [4.78, 5) is 2.44. The summed E-state index contributed by atoms with van der Waals surface area (Å²) in [5, 5.41) is 2.94. The average molecular weight is 141 g/mol. The van der Waals surface area contributed by atoms with E-state index in [0.717, 1.165) is 12.6 Å². The number of hydrogen-bond acceptors (Lipinski definition) is 2. The van der Waals surface area contributed by atoms with Gasteiger partial charge in [0.15, 0.2) is 0 Å². The second-order valence-electron chi connectivity index (χ2n) is 3.07. The largest absolute Gasteiger partial charge is 0.315 e. The van der Waals surface area contributed by atoms with Gasteiger partial charge in [-0.2, -0.15) is 0 Å². The van der Waals surface area contributed by atoms with Crippen LogP contribution in [0.5, 0.6) is 0 Å². The van der Waals surface area contributed by atoms with Crippen molar-refractivity contribution in [2.45, 2.75) is 25.3 Å². The lowest BCUT2D eigenvalue weighted by atomic mass is 10.1. The molecule has 2 nitrogen and oxygen atoms in total. The van der Waals surface area contributed by atoms with E-state index in [-0.39, 0.29) is 0 Å². The Labute approximate surface area is 63.6 Å². The zero-order chi connectivity index (χ0) is 7.40. The van der Waals surface area contributed by atoms with E-state index >= 15 is 0 Å². The molecule has 0 saturated carbocycles. The average Bonchev–Trinajstić information content (AvgIpc) is 2.31. The van der Waals surface area contributed by atoms with Gasteiger partial charge in [-0.1, -0.05) is 0 Å². The lowest BCUT2D eigenvalue weighted by Gasteiger charge is -2.18. The number of rotatable bonds is 3. The molecule has 1 aliphatic rings. The molecular formula is C8H17N2. The molecule has 0 aromatic heterocycles. The van der Waals surface area contributed by atoms with E-state index in [4.69, 9.17) is 0 Å². The zero-order valence-electron chi connectivity index (χ0n) is 6.77. The summed E-state index contributed by atoms with van der Waals surface area (Å²) in [7, 11) is 5.81. The Hall–Kier alpha value is -0.0800. The van der Waals surface area contributed by atoms with Crippen molar-refractivity contribution in [1.29, 1.82) is 0 Å². The van der Waals surface area contributed by atoms with E-state index in [0.29, 0.717) is 0 Å². The predicted octanol–water partition coefficient (Wildman–Crippen LogP) is 0.852. The smallest absolute Gasteiger partial charge is 0.0105 e. The van der Waals surface area contributed by atoms with Crippen molar-refractivity contribution in [3.05, 3.63) is 7.05 Å².